The van der Waals surface area contributed by atoms with Gasteiger partial charge >= 0.3 is 0 Å². The number of benzene rings is 1. The molecule has 118 valence electrons. The lowest BCUT2D eigenvalue weighted by Gasteiger charge is -2.03. The standard InChI is InChI=1S/C16H10N4O4/c17-7-12-6-13(20(22)23)9-19(16(12)21)10-15-18-8-14(24-15)11-4-2-1-3-5-11/h1-6,8-9H,10H2. The Kier molecular flexibility index (Phi) is 3.91. The molecular formula is C16H10N4O4. The van der Waals surface area contributed by atoms with Gasteiger partial charge in [-0.05, 0) is 0 Å². The van der Waals surface area contributed by atoms with Crippen LogP contribution in [0.25, 0.3) is 11.3 Å². The second-order valence-electron chi connectivity index (χ2n) is 4.90. The second kappa shape index (κ2) is 6.18. The average molecular weight is 322 g/mol. The number of hydrogen-bond donors (Lipinski definition) is 0. The molecule has 0 atom stereocenters. The van der Waals surface area contributed by atoms with Crippen molar-refractivity contribution in [1.29, 1.82) is 5.26 Å². The van der Waals surface area contributed by atoms with Crippen LogP contribution >= 0.6 is 0 Å². The highest BCUT2D eigenvalue weighted by Gasteiger charge is 2.15. The fourth-order valence-corrected chi connectivity index (χ4v) is 2.18. The lowest BCUT2D eigenvalue weighted by atomic mass is 10.2. The molecule has 0 saturated carbocycles. The molecule has 0 fully saturated rings. The van der Waals surface area contributed by atoms with Crippen LogP contribution in [-0.4, -0.2) is 14.5 Å². The topological polar surface area (TPSA) is 115 Å². The van der Waals surface area contributed by atoms with Gasteiger partial charge in [-0.15, -0.1) is 0 Å². The van der Waals surface area contributed by atoms with Crippen molar-refractivity contribution in [2.75, 3.05) is 0 Å². The monoisotopic (exact) mass is 322 g/mol. The summed E-state index contributed by atoms with van der Waals surface area (Å²) in [5, 5.41) is 19.9. The molecule has 0 spiro atoms. The minimum absolute atomic E-state index is 0.109. The molecule has 2 heterocycles. The van der Waals surface area contributed by atoms with Crippen LogP contribution in [0, 0.1) is 21.4 Å². The van der Waals surface area contributed by atoms with E-state index >= 15 is 0 Å². The van der Waals surface area contributed by atoms with Gasteiger partial charge in [0.1, 0.15) is 18.2 Å². The van der Waals surface area contributed by atoms with E-state index in [4.69, 9.17) is 9.68 Å². The highest BCUT2D eigenvalue weighted by Crippen LogP contribution is 2.20. The summed E-state index contributed by atoms with van der Waals surface area (Å²) in [5.74, 6) is 0.727. The number of nitro groups is 1. The van der Waals surface area contributed by atoms with Gasteiger partial charge in [-0.25, -0.2) is 4.98 Å². The Morgan fingerprint density at radius 3 is 2.75 bits per heavy atom. The Hall–Kier alpha value is -3.73. The van der Waals surface area contributed by atoms with Crippen LogP contribution in [0.15, 0.2) is 58.0 Å². The third-order valence-corrected chi connectivity index (χ3v) is 3.32. The molecular weight excluding hydrogens is 312 g/mol. The fourth-order valence-electron chi connectivity index (χ4n) is 2.18. The number of rotatable bonds is 4. The average Bonchev–Trinajstić information content (AvgIpc) is 3.06. The van der Waals surface area contributed by atoms with E-state index in [1.807, 2.05) is 30.3 Å². The normalized spacial score (nSPS) is 10.3. The van der Waals surface area contributed by atoms with Crippen LogP contribution in [-0.2, 0) is 6.54 Å². The molecule has 0 aliphatic carbocycles. The third-order valence-electron chi connectivity index (χ3n) is 3.32. The van der Waals surface area contributed by atoms with Gasteiger partial charge in [0.25, 0.3) is 11.2 Å². The zero-order valence-electron chi connectivity index (χ0n) is 12.2. The first kappa shape index (κ1) is 15.2. The predicted octanol–water partition coefficient (Wildman–Crippen LogP) is 2.33. The number of nitriles is 1. The number of hydrogen-bond acceptors (Lipinski definition) is 6. The molecule has 8 heteroatoms. The molecule has 0 radical (unpaired) electrons. The van der Waals surface area contributed by atoms with Crippen molar-refractivity contribution in [2.45, 2.75) is 6.54 Å². The van der Waals surface area contributed by atoms with Gasteiger partial charge in [0.05, 0.1) is 17.3 Å². The Morgan fingerprint density at radius 1 is 1.33 bits per heavy atom. The SMILES string of the molecule is N#Cc1cc([N+](=O)[O-])cn(Cc2ncc(-c3ccccc3)o2)c1=O. The minimum Gasteiger partial charge on any atom is -0.439 e. The van der Waals surface area contributed by atoms with E-state index in [-0.39, 0.29) is 23.7 Å². The van der Waals surface area contributed by atoms with Crippen LogP contribution in [0.1, 0.15) is 11.5 Å². The molecule has 1 aromatic carbocycles. The molecule has 8 nitrogen and oxygen atoms in total. The summed E-state index contributed by atoms with van der Waals surface area (Å²) in [6.45, 7) is -0.109. The van der Waals surface area contributed by atoms with Crippen LogP contribution in [0.2, 0.25) is 0 Å². The van der Waals surface area contributed by atoms with Crippen LogP contribution in [0.5, 0.6) is 0 Å². The van der Waals surface area contributed by atoms with Crippen molar-refractivity contribution >= 4 is 5.69 Å². The lowest BCUT2D eigenvalue weighted by molar-refractivity contribution is -0.385. The van der Waals surface area contributed by atoms with E-state index in [0.717, 1.165) is 22.4 Å². The van der Waals surface area contributed by atoms with Gasteiger partial charge in [0.15, 0.2) is 5.76 Å². The summed E-state index contributed by atoms with van der Waals surface area (Å²) in [4.78, 5) is 26.4. The van der Waals surface area contributed by atoms with Gasteiger partial charge in [-0.2, -0.15) is 5.26 Å². The van der Waals surface area contributed by atoms with E-state index in [9.17, 15) is 14.9 Å². The molecule has 24 heavy (non-hydrogen) atoms. The fraction of sp³-hybridized carbons (Fsp3) is 0.0625. The second-order valence-corrected chi connectivity index (χ2v) is 4.90. The largest absolute Gasteiger partial charge is 0.439 e. The van der Waals surface area contributed by atoms with E-state index in [2.05, 4.69) is 4.98 Å². The van der Waals surface area contributed by atoms with Crippen molar-refractivity contribution in [3.63, 3.8) is 0 Å². The van der Waals surface area contributed by atoms with Gasteiger partial charge in [0, 0.05) is 11.6 Å². The van der Waals surface area contributed by atoms with Gasteiger partial charge < -0.3 is 4.42 Å². The van der Waals surface area contributed by atoms with E-state index in [1.165, 1.54) is 6.20 Å². The molecule has 0 aliphatic rings. The zero-order chi connectivity index (χ0) is 17.1. The summed E-state index contributed by atoms with van der Waals surface area (Å²) < 4.78 is 6.62. The first-order chi connectivity index (χ1) is 11.6. The highest BCUT2D eigenvalue weighted by atomic mass is 16.6. The maximum atomic E-state index is 12.1. The molecule has 0 bridgehead atoms. The summed E-state index contributed by atoms with van der Waals surface area (Å²) in [7, 11) is 0. The van der Waals surface area contributed by atoms with Crippen LogP contribution in [0.3, 0.4) is 0 Å². The van der Waals surface area contributed by atoms with Crippen molar-refractivity contribution in [3.8, 4) is 17.4 Å². The first-order valence-corrected chi connectivity index (χ1v) is 6.87. The molecule has 3 aromatic rings. The van der Waals surface area contributed by atoms with E-state index < -0.39 is 10.5 Å². The lowest BCUT2D eigenvalue weighted by Crippen LogP contribution is -2.23. The summed E-state index contributed by atoms with van der Waals surface area (Å²) >= 11 is 0. The number of aromatic nitrogens is 2. The maximum Gasteiger partial charge on any atom is 0.287 e. The van der Waals surface area contributed by atoms with Crippen molar-refractivity contribution in [2.24, 2.45) is 0 Å². The Labute approximate surface area is 135 Å². The Balaban J connectivity index is 1.96. The molecule has 0 N–H and O–H groups in total. The summed E-state index contributed by atoms with van der Waals surface area (Å²) in [6, 6.07) is 11.9. The quantitative estimate of drug-likeness (QED) is 0.538. The third kappa shape index (κ3) is 2.91. The van der Waals surface area contributed by atoms with Gasteiger partial charge in [0.2, 0.25) is 5.89 Å². The Bertz CT molecular complexity index is 999. The maximum absolute atomic E-state index is 12.1. The number of oxazole rings is 1. The molecule has 2 aromatic heterocycles. The van der Waals surface area contributed by atoms with Crippen LogP contribution in [0.4, 0.5) is 5.69 Å². The Morgan fingerprint density at radius 2 is 2.08 bits per heavy atom. The smallest absolute Gasteiger partial charge is 0.287 e. The van der Waals surface area contributed by atoms with Crippen LogP contribution < -0.4 is 5.56 Å². The van der Waals surface area contributed by atoms with Crippen molar-refractivity contribution in [3.05, 3.63) is 80.7 Å². The molecule has 0 aliphatic heterocycles. The highest BCUT2D eigenvalue weighted by molar-refractivity contribution is 5.55. The van der Waals surface area contributed by atoms with Crippen molar-refractivity contribution in [1.82, 2.24) is 9.55 Å². The predicted molar refractivity (Wildman–Crippen MR) is 83.1 cm³/mol. The first-order valence-electron chi connectivity index (χ1n) is 6.87. The summed E-state index contributed by atoms with van der Waals surface area (Å²) in [6.07, 6.45) is 2.58. The molecule has 0 saturated heterocycles. The summed E-state index contributed by atoms with van der Waals surface area (Å²) in [5.41, 5.74) is -0.469. The molecule has 3 rings (SSSR count). The van der Waals surface area contributed by atoms with E-state index in [1.54, 1.807) is 6.07 Å². The van der Waals surface area contributed by atoms with E-state index in [0.29, 0.717) is 5.76 Å². The van der Waals surface area contributed by atoms with Crippen molar-refractivity contribution < 1.29 is 9.34 Å². The molecule has 0 amide bonds. The molecule has 0 unspecified atom stereocenters. The number of pyridine rings is 1. The minimum atomic E-state index is -0.665. The van der Waals surface area contributed by atoms with Gasteiger partial charge in [-0.1, -0.05) is 30.3 Å². The zero-order valence-corrected chi connectivity index (χ0v) is 12.2. The number of nitrogens with zero attached hydrogens (tertiary/aromatic N) is 4. The van der Waals surface area contributed by atoms with Gasteiger partial charge in [-0.3, -0.25) is 19.5 Å².